The number of aromatic amines is 2. The quantitative estimate of drug-likeness (QED) is 0.201. The van der Waals surface area contributed by atoms with Gasteiger partial charge in [-0.2, -0.15) is 0 Å². The Kier molecular flexibility index (Phi) is 4.76. The molecule has 0 spiro atoms. The first-order valence-electron chi connectivity index (χ1n) is 16.4. The summed E-state index contributed by atoms with van der Waals surface area (Å²) >= 11 is 0. The Morgan fingerprint density at radius 3 is 1.87 bits per heavy atom. The van der Waals surface area contributed by atoms with E-state index in [1.54, 1.807) is 0 Å². The van der Waals surface area contributed by atoms with Crippen LogP contribution in [0.15, 0.2) is 121 Å². The zero-order chi connectivity index (χ0) is 29.9. The van der Waals surface area contributed by atoms with Gasteiger partial charge in [0, 0.05) is 76.8 Å². The maximum atomic E-state index is 3.67. The van der Waals surface area contributed by atoms with Gasteiger partial charge in [0.25, 0.3) is 0 Å². The van der Waals surface area contributed by atoms with E-state index < -0.39 is 0 Å². The minimum Gasteiger partial charge on any atom is -0.355 e. The molecule has 0 unspecified atom stereocenters. The Morgan fingerprint density at radius 2 is 1.02 bits per heavy atom. The minimum absolute atomic E-state index is 1.10. The molecule has 0 radical (unpaired) electrons. The number of benzene rings is 6. The molecule has 4 heterocycles. The van der Waals surface area contributed by atoms with Crippen molar-refractivity contribution in [3.8, 4) is 11.4 Å². The lowest BCUT2D eigenvalue weighted by atomic mass is 9.94. The van der Waals surface area contributed by atoms with E-state index in [0.29, 0.717) is 0 Å². The van der Waals surface area contributed by atoms with Gasteiger partial charge in [-0.25, -0.2) is 0 Å². The fourth-order valence-electron chi connectivity index (χ4n) is 8.62. The van der Waals surface area contributed by atoms with Crippen LogP contribution in [0.5, 0.6) is 0 Å². The normalized spacial score (nSPS) is 13.7. The summed E-state index contributed by atoms with van der Waals surface area (Å²) in [6.45, 7) is 0. The fraction of sp³-hybridized carbons (Fsp3) is 0.0952. The van der Waals surface area contributed by atoms with Gasteiger partial charge in [0.05, 0.1) is 16.6 Å². The lowest BCUT2D eigenvalue weighted by Gasteiger charge is -2.16. The number of nitrogens with one attached hydrogen (secondary N) is 2. The van der Waals surface area contributed by atoms with Crippen molar-refractivity contribution in [2.24, 2.45) is 0 Å². The van der Waals surface area contributed by atoms with Gasteiger partial charge in [-0.05, 0) is 91.9 Å². The number of H-pyrrole nitrogens is 2. The van der Waals surface area contributed by atoms with Crippen LogP contribution in [0.2, 0.25) is 0 Å². The fourth-order valence-corrected chi connectivity index (χ4v) is 8.62. The standard InChI is InChI=1S/C42H30N4/c1-5-13-33-27(9-1)29-19-17-26(24-36(29)44-33)46-38-16-8-4-12-31(38)42-40(46)22-21-39-41(42)30-11-3-7-15-37(30)45(39)25-18-20-35-32(23-25)28-10-2-6-14-34(28)43-35/h1-2,4-6,8-10,12-14,16-24,43-44H,3,7,11,15H2. The third-order valence-corrected chi connectivity index (χ3v) is 10.6. The first kappa shape index (κ1) is 24.6. The molecular weight excluding hydrogens is 560 g/mol. The molecular formula is C42H30N4. The Labute approximate surface area is 264 Å². The van der Waals surface area contributed by atoms with E-state index in [2.05, 4.69) is 140 Å². The highest BCUT2D eigenvalue weighted by Gasteiger charge is 2.25. The summed E-state index contributed by atoms with van der Waals surface area (Å²) in [7, 11) is 0. The molecule has 11 rings (SSSR count). The van der Waals surface area contributed by atoms with Crippen molar-refractivity contribution in [3.05, 3.63) is 133 Å². The van der Waals surface area contributed by atoms with E-state index in [9.17, 15) is 0 Å². The Bertz CT molecular complexity index is 2870. The molecule has 0 atom stereocenters. The predicted octanol–water partition coefficient (Wildman–Crippen LogP) is 10.9. The Morgan fingerprint density at radius 1 is 0.413 bits per heavy atom. The van der Waals surface area contributed by atoms with Gasteiger partial charge in [0.15, 0.2) is 0 Å². The van der Waals surface area contributed by atoms with E-state index in [0.717, 1.165) is 12.8 Å². The van der Waals surface area contributed by atoms with E-state index in [-0.39, 0.29) is 0 Å². The molecule has 1 aliphatic carbocycles. The van der Waals surface area contributed by atoms with E-state index in [1.165, 1.54) is 112 Å². The second-order valence-corrected chi connectivity index (χ2v) is 13.0. The second kappa shape index (κ2) is 8.92. The third kappa shape index (κ3) is 3.18. The summed E-state index contributed by atoms with van der Waals surface area (Å²) in [6, 6.07) is 44.8. The van der Waals surface area contributed by atoms with Crippen LogP contribution in [-0.4, -0.2) is 19.1 Å². The van der Waals surface area contributed by atoms with Gasteiger partial charge in [-0.1, -0.05) is 60.7 Å². The first-order chi connectivity index (χ1) is 22.8. The van der Waals surface area contributed by atoms with Crippen LogP contribution in [0.25, 0.3) is 87.7 Å². The van der Waals surface area contributed by atoms with Crippen molar-refractivity contribution >= 4 is 76.3 Å². The maximum absolute atomic E-state index is 3.67. The number of hydrogen-bond acceptors (Lipinski definition) is 0. The van der Waals surface area contributed by atoms with Gasteiger partial charge in [0.1, 0.15) is 0 Å². The average Bonchev–Trinajstić information content (AvgIpc) is 3.85. The molecule has 46 heavy (non-hydrogen) atoms. The lowest BCUT2D eigenvalue weighted by Crippen LogP contribution is -2.06. The average molecular weight is 591 g/mol. The molecule has 10 aromatic rings. The Balaban J connectivity index is 1.22. The van der Waals surface area contributed by atoms with Crippen LogP contribution in [0.3, 0.4) is 0 Å². The van der Waals surface area contributed by atoms with Crippen LogP contribution in [0, 0.1) is 0 Å². The highest BCUT2D eigenvalue weighted by Crippen LogP contribution is 2.44. The van der Waals surface area contributed by atoms with Crippen molar-refractivity contribution in [2.45, 2.75) is 25.7 Å². The number of rotatable bonds is 2. The molecule has 2 N–H and O–H groups in total. The number of aromatic nitrogens is 4. The summed E-state index contributed by atoms with van der Waals surface area (Å²) in [6.07, 6.45) is 4.69. The highest BCUT2D eigenvalue weighted by molar-refractivity contribution is 6.23. The lowest BCUT2D eigenvalue weighted by molar-refractivity contribution is 0.667. The monoisotopic (exact) mass is 590 g/mol. The molecule has 6 aromatic carbocycles. The van der Waals surface area contributed by atoms with Gasteiger partial charge in [0.2, 0.25) is 0 Å². The molecule has 0 bridgehead atoms. The van der Waals surface area contributed by atoms with Crippen LogP contribution < -0.4 is 0 Å². The van der Waals surface area contributed by atoms with Gasteiger partial charge in [-0.3, -0.25) is 0 Å². The predicted molar refractivity (Wildman–Crippen MR) is 193 cm³/mol. The van der Waals surface area contributed by atoms with Crippen LogP contribution >= 0.6 is 0 Å². The molecule has 0 aliphatic heterocycles. The molecule has 0 fully saturated rings. The van der Waals surface area contributed by atoms with Crippen molar-refractivity contribution in [1.82, 2.24) is 19.1 Å². The van der Waals surface area contributed by atoms with E-state index in [1.807, 2.05) is 0 Å². The van der Waals surface area contributed by atoms with E-state index >= 15 is 0 Å². The molecule has 0 saturated carbocycles. The molecule has 0 saturated heterocycles. The first-order valence-corrected chi connectivity index (χ1v) is 16.4. The second-order valence-electron chi connectivity index (χ2n) is 13.0. The zero-order valence-electron chi connectivity index (χ0n) is 25.3. The topological polar surface area (TPSA) is 41.4 Å². The smallest absolute Gasteiger partial charge is 0.0548 e. The van der Waals surface area contributed by atoms with Crippen molar-refractivity contribution in [2.75, 3.05) is 0 Å². The molecule has 4 aromatic heterocycles. The van der Waals surface area contributed by atoms with Gasteiger partial charge in [-0.15, -0.1) is 0 Å². The number of para-hydroxylation sites is 3. The summed E-state index contributed by atoms with van der Waals surface area (Å²) in [4.78, 5) is 7.29. The summed E-state index contributed by atoms with van der Waals surface area (Å²) in [5, 5.41) is 9.21. The zero-order valence-corrected chi connectivity index (χ0v) is 25.3. The molecule has 1 aliphatic rings. The number of fused-ring (bicyclic) bond motifs is 13. The van der Waals surface area contributed by atoms with Crippen molar-refractivity contribution in [1.29, 1.82) is 0 Å². The van der Waals surface area contributed by atoms with Crippen molar-refractivity contribution in [3.63, 3.8) is 0 Å². The molecule has 0 amide bonds. The van der Waals surface area contributed by atoms with Gasteiger partial charge >= 0.3 is 0 Å². The SMILES string of the molecule is c1ccc2c(c1)[nH]c1cc(-n3c4ccccc4c4c5c6c(n(-c7ccc8[nH]c9ccccc9c8c7)c5ccc43)CCCC6)ccc12. The number of nitrogens with zero attached hydrogens (tertiary/aromatic N) is 2. The number of hydrogen-bond donors (Lipinski definition) is 2. The minimum atomic E-state index is 1.10. The van der Waals surface area contributed by atoms with Crippen molar-refractivity contribution < 1.29 is 0 Å². The summed E-state index contributed by atoms with van der Waals surface area (Å²) in [5.74, 6) is 0. The highest BCUT2D eigenvalue weighted by atomic mass is 15.0. The maximum Gasteiger partial charge on any atom is 0.0548 e. The molecule has 4 heteroatoms. The van der Waals surface area contributed by atoms with Crippen LogP contribution in [0.4, 0.5) is 0 Å². The van der Waals surface area contributed by atoms with Crippen LogP contribution in [0.1, 0.15) is 24.1 Å². The Hall–Kier alpha value is -5.74. The van der Waals surface area contributed by atoms with E-state index in [4.69, 9.17) is 0 Å². The van der Waals surface area contributed by atoms with Crippen LogP contribution in [-0.2, 0) is 12.8 Å². The largest absolute Gasteiger partial charge is 0.355 e. The summed E-state index contributed by atoms with van der Waals surface area (Å²) < 4.78 is 5.05. The molecule has 4 nitrogen and oxygen atoms in total. The number of aryl methyl sites for hydroxylation is 1. The third-order valence-electron chi connectivity index (χ3n) is 10.6. The molecule has 218 valence electrons. The summed E-state index contributed by atoms with van der Waals surface area (Å²) in [5.41, 5.74) is 14.0. The van der Waals surface area contributed by atoms with Gasteiger partial charge < -0.3 is 19.1 Å².